The molecule has 0 radical (unpaired) electrons. The Morgan fingerprint density at radius 2 is 1.81 bits per heavy atom. The van der Waals surface area contributed by atoms with Gasteiger partial charge in [-0.3, -0.25) is 4.90 Å². The summed E-state index contributed by atoms with van der Waals surface area (Å²) in [6.45, 7) is 3.41. The first-order valence-electron chi connectivity index (χ1n) is 7.63. The first-order chi connectivity index (χ1) is 10.1. The van der Waals surface area contributed by atoms with Crippen molar-refractivity contribution in [2.24, 2.45) is 0 Å². The van der Waals surface area contributed by atoms with E-state index in [2.05, 4.69) is 10.2 Å². The fourth-order valence-electron chi connectivity index (χ4n) is 3.33. The largest absolute Gasteiger partial charge is 0.388 e. The van der Waals surface area contributed by atoms with Crippen LogP contribution in [-0.2, 0) is 10.0 Å². The minimum absolute atomic E-state index is 0.396. The quantitative estimate of drug-likeness (QED) is 0.921. The number of nitrogens with one attached hydrogen (secondary N) is 1. The summed E-state index contributed by atoms with van der Waals surface area (Å²) in [4.78, 5) is 2.84. The molecule has 0 aromatic heterocycles. The molecule has 1 atom stereocenters. The van der Waals surface area contributed by atoms with Crippen LogP contribution >= 0.6 is 0 Å². The van der Waals surface area contributed by atoms with Gasteiger partial charge in [0.2, 0.25) is 10.0 Å². The second kappa shape index (κ2) is 5.94. The molecule has 5 nitrogen and oxygen atoms in total. The maximum absolute atomic E-state index is 12.8. The molecule has 0 aliphatic carbocycles. The molecule has 1 unspecified atom stereocenters. The van der Waals surface area contributed by atoms with Crippen molar-refractivity contribution in [2.45, 2.75) is 30.2 Å². The summed E-state index contributed by atoms with van der Waals surface area (Å²) in [5.74, 6) is 0. The number of hydrogen-bond donors (Lipinski definition) is 1. The van der Waals surface area contributed by atoms with Crippen molar-refractivity contribution in [1.29, 1.82) is 0 Å². The van der Waals surface area contributed by atoms with Gasteiger partial charge in [0.25, 0.3) is 0 Å². The Kier molecular flexibility index (Phi) is 4.19. The standard InChI is InChI=1S/C15H23N3O2S/c1-16-13-5-7-15(8-6-13)21(19,20)18-11-3-10-17-9-2-4-14(17)12-18/h5-8,14,16H,2-4,9-12H2,1H3. The molecule has 0 bridgehead atoms. The first kappa shape index (κ1) is 14.8. The molecule has 0 spiro atoms. The van der Waals surface area contributed by atoms with E-state index in [-0.39, 0.29) is 0 Å². The molecule has 116 valence electrons. The zero-order valence-electron chi connectivity index (χ0n) is 12.5. The molecule has 2 heterocycles. The van der Waals surface area contributed by atoms with Crippen molar-refractivity contribution in [2.75, 3.05) is 38.5 Å². The highest BCUT2D eigenvalue weighted by Gasteiger charge is 2.34. The van der Waals surface area contributed by atoms with E-state index >= 15 is 0 Å². The molecular formula is C15H23N3O2S. The smallest absolute Gasteiger partial charge is 0.243 e. The third kappa shape index (κ3) is 2.93. The Balaban J connectivity index is 1.82. The molecule has 0 amide bonds. The number of sulfonamides is 1. The molecule has 3 rings (SSSR count). The normalized spacial score (nSPS) is 24.5. The van der Waals surface area contributed by atoms with Gasteiger partial charge in [0, 0.05) is 31.9 Å². The van der Waals surface area contributed by atoms with Crippen LogP contribution in [0.15, 0.2) is 29.2 Å². The highest BCUT2D eigenvalue weighted by Crippen LogP contribution is 2.25. The Morgan fingerprint density at radius 3 is 2.52 bits per heavy atom. The van der Waals surface area contributed by atoms with Crippen LogP contribution in [0.1, 0.15) is 19.3 Å². The summed E-state index contributed by atoms with van der Waals surface area (Å²) >= 11 is 0. The molecule has 2 aliphatic heterocycles. The number of hydrogen-bond acceptors (Lipinski definition) is 4. The Labute approximate surface area is 127 Å². The van der Waals surface area contributed by atoms with Gasteiger partial charge in [0.05, 0.1) is 4.90 Å². The van der Waals surface area contributed by atoms with Crippen LogP contribution in [0.25, 0.3) is 0 Å². The highest BCUT2D eigenvalue weighted by molar-refractivity contribution is 7.89. The predicted octanol–water partition coefficient (Wildman–Crippen LogP) is 1.59. The molecule has 1 N–H and O–H groups in total. The summed E-state index contributed by atoms with van der Waals surface area (Å²) in [6.07, 6.45) is 3.23. The monoisotopic (exact) mass is 309 g/mol. The third-order valence-corrected chi connectivity index (χ3v) is 6.43. The Bertz CT molecular complexity index is 585. The lowest BCUT2D eigenvalue weighted by molar-refractivity contribution is 0.257. The summed E-state index contributed by atoms with van der Waals surface area (Å²) in [5.41, 5.74) is 0.923. The molecule has 0 saturated carbocycles. The van der Waals surface area contributed by atoms with Crippen LogP contribution in [-0.4, -0.2) is 56.9 Å². The van der Waals surface area contributed by atoms with Crippen molar-refractivity contribution in [3.63, 3.8) is 0 Å². The second-order valence-corrected chi connectivity index (χ2v) is 7.76. The first-order valence-corrected chi connectivity index (χ1v) is 9.07. The van der Waals surface area contributed by atoms with Gasteiger partial charge in [-0.05, 0) is 56.6 Å². The van der Waals surface area contributed by atoms with E-state index in [1.54, 1.807) is 16.4 Å². The zero-order chi connectivity index (χ0) is 14.9. The highest BCUT2D eigenvalue weighted by atomic mass is 32.2. The van der Waals surface area contributed by atoms with E-state index in [1.807, 2.05) is 19.2 Å². The van der Waals surface area contributed by atoms with Crippen molar-refractivity contribution in [3.8, 4) is 0 Å². The van der Waals surface area contributed by atoms with E-state index in [1.165, 1.54) is 6.42 Å². The van der Waals surface area contributed by atoms with Gasteiger partial charge in [-0.25, -0.2) is 8.42 Å². The lowest BCUT2D eigenvalue weighted by atomic mass is 10.2. The Hall–Kier alpha value is -1.11. The van der Waals surface area contributed by atoms with Gasteiger partial charge < -0.3 is 5.32 Å². The second-order valence-electron chi connectivity index (χ2n) is 5.82. The van der Waals surface area contributed by atoms with E-state index in [9.17, 15) is 8.42 Å². The van der Waals surface area contributed by atoms with Gasteiger partial charge in [-0.2, -0.15) is 4.31 Å². The minimum Gasteiger partial charge on any atom is -0.388 e. The number of rotatable bonds is 3. The van der Waals surface area contributed by atoms with Crippen molar-refractivity contribution in [3.05, 3.63) is 24.3 Å². The minimum atomic E-state index is -3.37. The lowest BCUT2D eigenvalue weighted by Crippen LogP contribution is -2.39. The van der Waals surface area contributed by atoms with E-state index < -0.39 is 10.0 Å². The van der Waals surface area contributed by atoms with Gasteiger partial charge in [-0.15, -0.1) is 0 Å². The Morgan fingerprint density at radius 1 is 1.10 bits per heavy atom. The summed E-state index contributed by atoms with van der Waals surface area (Å²) in [7, 11) is -1.54. The maximum Gasteiger partial charge on any atom is 0.243 e. The molecule has 2 aliphatic rings. The number of nitrogens with zero attached hydrogens (tertiary/aromatic N) is 2. The van der Waals surface area contributed by atoms with Crippen LogP contribution in [0.2, 0.25) is 0 Å². The van der Waals surface area contributed by atoms with Crippen molar-refractivity contribution < 1.29 is 8.42 Å². The topological polar surface area (TPSA) is 52.7 Å². The third-order valence-electron chi connectivity index (χ3n) is 4.55. The van der Waals surface area contributed by atoms with E-state index in [4.69, 9.17) is 0 Å². The summed E-state index contributed by atoms with van der Waals surface area (Å²) < 4.78 is 27.3. The molecular weight excluding hydrogens is 286 g/mol. The molecule has 6 heteroatoms. The fraction of sp³-hybridized carbons (Fsp3) is 0.600. The maximum atomic E-state index is 12.8. The molecule has 21 heavy (non-hydrogen) atoms. The van der Waals surface area contributed by atoms with Crippen LogP contribution in [0.3, 0.4) is 0 Å². The summed E-state index contributed by atoms with van der Waals surface area (Å²) in [6, 6.07) is 7.41. The molecule has 2 fully saturated rings. The van der Waals surface area contributed by atoms with Crippen molar-refractivity contribution >= 4 is 15.7 Å². The fourth-order valence-corrected chi connectivity index (χ4v) is 4.85. The summed E-state index contributed by atoms with van der Waals surface area (Å²) in [5, 5.41) is 3.01. The number of anilines is 1. The van der Waals surface area contributed by atoms with Gasteiger partial charge in [-0.1, -0.05) is 0 Å². The van der Waals surface area contributed by atoms with Crippen LogP contribution in [0.4, 0.5) is 5.69 Å². The predicted molar refractivity (Wildman–Crippen MR) is 84.0 cm³/mol. The average molecular weight is 309 g/mol. The molecule has 1 aromatic rings. The van der Waals surface area contributed by atoms with Gasteiger partial charge >= 0.3 is 0 Å². The van der Waals surface area contributed by atoms with Crippen LogP contribution in [0.5, 0.6) is 0 Å². The lowest BCUT2D eigenvalue weighted by Gasteiger charge is -2.25. The number of benzene rings is 1. The van der Waals surface area contributed by atoms with Gasteiger partial charge in [0.1, 0.15) is 0 Å². The van der Waals surface area contributed by atoms with E-state index in [0.717, 1.165) is 31.6 Å². The van der Waals surface area contributed by atoms with E-state index in [0.29, 0.717) is 24.0 Å². The van der Waals surface area contributed by atoms with Crippen LogP contribution < -0.4 is 5.32 Å². The van der Waals surface area contributed by atoms with Gasteiger partial charge in [0.15, 0.2) is 0 Å². The van der Waals surface area contributed by atoms with Crippen molar-refractivity contribution in [1.82, 2.24) is 9.21 Å². The molecule has 2 saturated heterocycles. The number of fused-ring (bicyclic) bond motifs is 1. The van der Waals surface area contributed by atoms with Crippen LogP contribution in [0, 0.1) is 0 Å². The average Bonchev–Trinajstić information content (AvgIpc) is 2.84. The SMILES string of the molecule is CNc1ccc(S(=O)(=O)N2CCCN3CCCC3C2)cc1. The zero-order valence-corrected chi connectivity index (χ0v) is 13.3. The molecule has 1 aromatic carbocycles.